The van der Waals surface area contributed by atoms with Crippen LogP contribution in [0.15, 0.2) is 60.0 Å². The normalized spacial score (nSPS) is 21.5. The molecule has 32 heavy (non-hydrogen) atoms. The Morgan fingerprint density at radius 3 is 2.53 bits per heavy atom. The lowest BCUT2D eigenvalue weighted by atomic mass is 9.77. The zero-order valence-electron chi connectivity index (χ0n) is 18.6. The number of anilines is 1. The van der Waals surface area contributed by atoms with Crippen molar-refractivity contribution in [3.8, 4) is 5.75 Å². The molecule has 5 nitrogen and oxygen atoms in total. The summed E-state index contributed by atoms with van der Waals surface area (Å²) in [5.41, 5.74) is 1.40. The summed E-state index contributed by atoms with van der Waals surface area (Å²) >= 11 is 6.31. The Labute approximate surface area is 194 Å². The summed E-state index contributed by atoms with van der Waals surface area (Å²) < 4.78 is 11.5. The maximum absolute atomic E-state index is 13.2. The maximum Gasteiger partial charge on any atom is 0.359 e. The molecule has 4 rings (SSSR count). The number of carbonyl (C=O) groups excluding carboxylic acids is 1. The molecule has 1 heterocycles. The number of para-hydroxylation sites is 1. The van der Waals surface area contributed by atoms with Crippen molar-refractivity contribution in [3.63, 3.8) is 0 Å². The molecule has 2 aromatic carbocycles. The fourth-order valence-electron chi connectivity index (χ4n) is 5.11. The fraction of sp³-hybridized carbons (Fsp3) is 0.423. The van der Waals surface area contributed by atoms with E-state index in [1.807, 2.05) is 48.5 Å². The van der Waals surface area contributed by atoms with Crippen molar-refractivity contribution in [1.82, 2.24) is 0 Å². The Morgan fingerprint density at radius 1 is 1.19 bits per heavy atom. The number of carbonyl (C=O) groups is 1. The molecule has 0 amide bonds. The summed E-state index contributed by atoms with van der Waals surface area (Å²) in [4.78, 5) is 14.9. The van der Waals surface area contributed by atoms with Gasteiger partial charge in [0.05, 0.1) is 12.1 Å². The number of hydrogen-bond donors (Lipinski definition) is 1. The SMILES string of the molecule is COc1ccc(CCC2(C3CCCC3)CC(O)=C(N(C)c3ccccc3)C(=O)O2)cc1Cl. The van der Waals surface area contributed by atoms with Gasteiger partial charge in [0.1, 0.15) is 17.1 Å². The van der Waals surface area contributed by atoms with Gasteiger partial charge in [0.25, 0.3) is 0 Å². The van der Waals surface area contributed by atoms with Gasteiger partial charge in [-0.2, -0.15) is 0 Å². The Hall–Kier alpha value is -2.66. The first-order valence-corrected chi connectivity index (χ1v) is 11.6. The van der Waals surface area contributed by atoms with Crippen LogP contribution in [0, 0.1) is 5.92 Å². The van der Waals surface area contributed by atoms with Gasteiger partial charge in [-0.3, -0.25) is 0 Å². The number of aliphatic hydroxyl groups is 1. The molecule has 1 aliphatic carbocycles. The van der Waals surface area contributed by atoms with Crippen LogP contribution in [0.3, 0.4) is 0 Å². The molecule has 0 aromatic heterocycles. The highest BCUT2D eigenvalue weighted by Gasteiger charge is 2.48. The summed E-state index contributed by atoms with van der Waals surface area (Å²) in [7, 11) is 3.38. The Morgan fingerprint density at radius 2 is 1.91 bits per heavy atom. The third-order valence-electron chi connectivity index (χ3n) is 6.86. The number of benzene rings is 2. The summed E-state index contributed by atoms with van der Waals surface area (Å²) in [6, 6.07) is 15.3. The molecule has 6 heteroatoms. The summed E-state index contributed by atoms with van der Waals surface area (Å²) in [6.07, 6.45) is 5.93. The number of aryl methyl sites for hydroxylation is 1. The minimum Gasteiger partial charge on any atom is -0.510 e. The monoisotopic (exact) mass is 455 g/mol. The van der Waals surface area contributed by atoms with Crippen LogP contribution in [-0.2, 0) is 16.0 Å². The standard InChI is InChI=1S/C26H30ClNO4/c1-28(20-10-4-3-5-11-20)24-22(29)17-26(32-25(24)30,19-8-6-7-9-19)15-14-18-12-13-23(31-2)21(27)16-18/h3-5,10-13,16,19,29H,6-9,14-15,17H2,1-2H3. The van der Waals surface area contributed by atoms with Crippen LogP contribution < -0.4 is 9.64 Å². The van der Waals surface area contributed by atoms with Gasteiger partial charge in [-0.1, -0.05) is 48.7 Å². The second-order valence-electron chi connectivity index (χ2n) is 8.77. The molecule has 1 fully saturated rings. The average molecular weight is 456 g/mol. The minimum absolute atomic E-state index is 0.104. The van der Waals surface area contributed by atoms with Crippen molar-refractivity contribution >= 4 is 23.3 Å². The minimum atomic E-state index is -0.703. The molecule has 1 atom stereocenters. The van der Waals surface area contributed by atoms with Crippen LogP contribution in [0.2, 0.25) is 5.02 Å². The number of esters is 1. The number of cyclic esters (lactones) is 1. The van der Waals surface area contributed by atoms with Crippen molar-refractivity contribution in [3.05, 3.63) is 70.6 Å². The van der Waals surface area contributed by atoms with E-state index in [-0.39, 0.29) is 17.4 Å². The van der Waals surface area contributed by atoms with Crippen molar-refractivity contribution in [1.29, 1.82) is 0 Å². The summed E-state index contributed by atoms with van der Waals surface area (Å²) in [5.74, 6) is 0.525. The first kappa shape index (κ1) is 22.5. The lowest BCUT2D eigenvalue weighted by molar-refractivity contribution is -0.167. The quantitative estimate of drug-likeness (QED) is 0.514. The molecule has 0 spiro atoms. The molecule has 0 saturated heterocycles. The van der Waals surface area contributed by atoms with Crippen LogP contribution in [0.4, 0.5) is 5.69 Å². The van der Waals surface area contributed by atoms with Gasteiger partial charge >= 0.3 is 5.97 Å². The van der Waals surface area contributed by atoms with E-state index in [4.69, 9.17) is 21.1 Å². The van der Waals surface area contributed by atoms with E-state index < -0.39 is 11.6 Å². The highest BCUT2D eigenvalue weighted by Crippen LogP contribution is 2.46. The Bertz CT molecular complexity index is 1000. The highest BCUT2D eigenvalue weighted by molar-refractivity contribution is 6.32. The Balaban J connectivity index is 1.60. The van der Waals surface area contributed by atoms with Crippen LogP contribution >= 0.6 is 11.6 Å². The van der Waals surface area contributed by atoms with Crippen LogP contribution in [0.1, 0.15) is 44.1 Å². The third kappa shape index (κ3) is 4.44. The van der Waals surface area contributed by atoms with E-state index in [9.17, 15) is 9.90 Å². The lowest BCUT2D eigenvalue weighted by Gasteiger charge is -2.43. The number of nitrogens with zero attached hydrogens (tertiary/aromatic N) is 1. The second kappa shape index (κ2) is 9.45. The average Bonchev–Trinajstić information content (AvgIpc) is 3.34. The van der Waals surface area contributed by atoms with E-state index in [0.29, 0.717) is 30.0 Å². The zero-order valence-corrected chi connectivity index (χ0v) is 19.4. The lowest BCUT2D eigenvalue weighted by Crippen LogP contribution is -2.48. The molecular formula is C26H30ClNO4. The first-order chi connectivity index (χ1) is 15.4. The second-order valence-corrected chi connectivity index (χ2v) is 9.18. The van der Waals surface area contributed by atoms with E-state index in [1.165, 1.54) is 0 Å². The molecular weight excluding hydrogens is 426 g/mol. The maximum atomic E-state index is 13.2. The number of ether oxygens (including phenoxy) is 2. The van der Waals surface area contributed by atoms with Gasteiger partial charge in [0.15, 0.2) is 5.70 Å². The van der Waals surface area contributed by atoms with Gasteiger partial charge in [-0.15, -0.1) is 0 Å². The number of hydrogen-bond acceptors (Lipinski definition) is 5. The van der Waals surface area contributed by atoms with Crippen molar-refractivity contribution in [2.45, 2.75) is 50.5 Å². The largest absolute Gasteiger partial charge is 0.510 e. The number of rotatable bonds is 7. The predicted molar refractivity (Wildman–Crippen MR) is 126 cm³/mol. The van der Waals surface area contributed by atoms with Gasteiger partial charge < -0.3 is 19.5 Å². The van der Waals surface area contributed by atoms with Gasteiger partial charge in [-0.05, 0) is 61.4 Å². The fourth-order valence-corrected chi connectivity index (χ4v) is 5.39. The van der Waals surface area contributed by atoms with Gasteiger partial charge in [0.2, 0.25) is 0 Å². The van der Waals surface area contributed by atoms with E-state index in [0.717, 1.165) is 36.9 Å². The van der Waals surface area contributed by atoms with Gasteiger partial charge in [0, 0.05) is 19.2 Å². The van der Waals surface area contributed by atoms with Crippen LogP contribution in [-0.4, -0.2) is 30.8 Å². The van der Waals surface area contributed by atoms with E-state index >= 15 is 0 Å². The molecule has 0 radical (unpaired) electrons. The van der Waals surface area contributed by atoms with Crippen LogP contribution in [0.25, 0.3) is 0 Å². The highest BCUT2D eigenvalue weighted by atomic mass is 35.5. The number of aliphatic hydroxyl groups excluding tert-OH is 1. The molecule has 1 saturated carbocycles. The van der Waals surface area contributed by atoms with Crippen molar-refractivity contribution in [2.24, 2.45) is 5.92 Å². The predicted octanol–water partition coefficient (Wildman–Crippen LogP) is 6.06. The molecule has 2 aliphatic rings. The molecule has 170 valence electrons. The molecule has 1 N–H and O–H groups in total. The summed E-state index contributed by atoms with van der Waals surface area (Å²) in [5, 5.41) is 11.6. The van der Waals surface area contributed by atoms with Crippen LogP contribution in [0.5, 0.6) is 5.75 Å². The number of likely N-dealkylation sites (N-methyl/N-ethyl adjacent to an activating group) is 1. The summed E-state index contributed by atoms with van der Waals surface area (Å²) in [6.45, 7) is 0. The molecule has 1 aliphatic heterocycles. The van der Waals surface area contributed by atoms with Crippen molar-refractivity contribution in [2.75, 3.05) is 19.1 Å². The number of halogens is 1. The van der Waals surface area contributed by atoms with E-state index in [2.05, 4.69) is 0 Å². The molecule has 1 unspecified atom stereocenters. The topological polar surface area (TPSA) is 59.0 Å². The Kier molecular flexibility index (Phi) is 6.66. The molecule has 0 bridgehead atoms. The smallest absolute Gasteiger partial charge is 0.359 e. The number of methoxy groups -OCH3 is 1. The molecule has 2 aromatic rings. The van der Waals surface area contributed by atoms with E-state index in [1.54, 1.807) is 19.1 Å². The third-order valence-corrected chi connectivity index (χ3v) is 7.16. The van der Waals surface area contributed by atoms with Crippen molar-refractivity contribution < 1.29 is 19.4 Å². The first-order valence-electron chi connectivity index (χ1n) is 11.2. The zero-order chi connectivity index (χ0) is 22.7. The van der Waals surface area contributed by atoms with Gasteiger partial charge in [-0.25, -0.2) is 4.79 Å².